The highest BCUT2D eigenvalue weighted by Gasteiger charge is 2.23. The van der Waals surface area contributed by atoms with Crippen LogP contribution in [-0.2, 0) is 6.54 Å². The molecule has 0 fully saturated rings. The highest BCUT2D eigenvalue weighted by Crippen LogP contribution is 2.31. The second-order valence-corrected chi connectivity index (χ2v) is 4.29. The summed E-state index contributed by atoms with van der Waals surface area (Å²) in [7, 11) is 0. The van der Waals surface area contributed by atoms with E-state index >= 15 is 0 Å². The molecule has 2 aromatic heterocycles. The number of pyridine rings is 1. The molecule has 0 aliphatic carbocycles. The molecule has 1 N–H and O–H groups in total. The molecule has 0 saturated heterocycles. The van der Waals surface area contributed by atoms with E-state index in [9.17, 15) is 22.4 Å². The Labute approximate surface area is 107 Å². The van der Waals surface area contributed by atoms with E-state index in [0.717, 1.165) is 4.57 Å². The van der Waals surface area contributed by atoms with Crippen LogP contribution in [0.3, 0.4) is 0 Å². The molecule has 10 heteroatoms. The number of hydrogen-bond donors (Lipinski definition) is 1. The van der Waals surface area contributed by atoms with E-state index in [1.165, 1.54) is 0 Å². The van der Waals surface area contributed by atoms with E-state index in [0.29, 0.717) is 11.8 Å². The SMILES string of the molecule is CCn1c(Sc2c(F)c(F)nc(F)c2F)n[nH]c1=O. The summed E-state index contributed by atoms with van der Waals surface area (Å²) >= 11 is 0.292. The Bertz CT molecular complexity index is 657. The molecular weight excluding hydrogens is 288 g/mol. The summed E-state index contributed by atoms with van der Waals surface area (Å²) in [5.74, 6) is -6.80. The first-order chi connectivity index (χ1) is 8.95. The Morgan fingerprint density at radius 1 is 1.21 bits per heavy atom. The molecule has 0 aliphatic rings. The summed E-state index contributed by atoms with van der Waals surface area (Å²) in [4.78, 5) is 12.7. The molecule has 0 aliphatic heterocycles. The maximum atomic E-state index is 13.4. The molecule has 0 unspecified atom stereocenters. The number of aromatic amines is 1. The van der Waals surface area contributed by atoms with Crippen molar-refractivity contribution in [2.24, 2.45) is 0 Å². The predicted molar refractivity (Wildman–Crippen MR) is 56.7 cm³/mol. The van der Waals surface area contributed by atoms with Gasteiger partial charge in [0.25, 0.3) is 11.9 Å². The molecule has 102 valence electrons. The van der Waals surface area contributed by atoms with Crippen LogP contribution in [0.5, 0.6) is 0 Å². The van der Waals surface area contributed by atoms with Gasteiger partial charge < -0.3 is 0 Å². The van der Waals surface area contributed by atoms with Gasteiger partial charge in [-0.25, -0.2) is 18.7 Å². The summed E-state index contributed by atoms with van der Waals surface area (Å²) < 4.78 is 53.6. The average molecular weight is 294 g/mol. The Kier molecular flexibility index (Phi) is 3.60. The molecule has 0 bridgehead atoms. The first kappa shape index (κ1) is 13.6. The zero-order valence-corrected chi connectivity index (χ0v) is 10.2. The third-order valence-corrected chi connectivity index (χ3v) is 3.25. The third kappa shape index (κ3) is 2.35. The number of hydrogen-bond acceptors (Lipinski definition) is 4. The predicted octanol–water partition coefficient (Wildman–Crippen LogP) is 1.69. The number of rotatable bonds is 3. The smallest absolute Gasteiger partial charge is 0.270 e. The summed E-state index contributed by atoms with van der Waals surface area (Å²) in [6.07, 6.45) is 0. The van der Waals surface area contributed by atoms with Gasteiger partial charge in [-0.3, -0.25) is 4.57 Å². The Balaban J connectivity index is 2.52. The van der Waals surface area contributed by atoms with E-state index in [2.05, 4.69) is 15.2 Å². The number of H-pyrrole nitrogens is 1. The van der Waals surface area contributed by atoms with Gasteiger partial charge in [0.05, 0.1) is 4.90 Å². The van der Waals surface area contributed by atoms with Gasteiger partial charge >= 0.3 is 5.69 Å². The van der Waals surface area contributed by atoms with Crippen molar-refractivity contribution in [3.05, 3.63) is 34.0 Å². The van der Waals surface area contributed by atoms with Gasteiger partial charge in [-0.05, 0) is 18.7 Å². The van der Waals surface area contributed by atoms with Crippen LogP contribution in [0.4, 0.5) is 17.6 Å². The quantitative estimate of drug-likeness (QED) is 0.691. The maximum Gasteiger partial charge on any atom is 0.343 e. The standard InChI is InChI=1S/C9H6F4N4OS/c1-2-17-8(18)15-16-9(17)19-5-3(10)6(12)14-7(13)4(5)11/h2H2,1H3,(H,15,18). The largest absolute Gasteiger partial charge is 0.343 e. The Hall–Kier alpha value is -1.84. The minimum Gasteiger partial charge on any atom is -0.270 e. The molecule has 5 nitrogen and oxygen atoms in total. The van der Waals surface area contributed by atoms with E-state index in [4.69, 9.17) is 0 Å². The van der Waals surface area contributed by atoms with Gasteiger partial charge in [-0.15, -0.1) is 5.10 Å². The fourth-order valence-corrected chi connectivity index (χ4v) is 2.25. The van der Waals surface area contributed by atoms with Crippen LogP contribution >= 0.6 is 11.8 Å². The van der Waals surface area contributed by atoms with Crippen molar-refractivity contribution >= 4 is 11.8 Å². The van der Waals surface area contributed by atoms with Crippen molar-refractivity contribution in [2.45, 2.75) is 23.5 Å². The highest BCUT2D eigenvalue weighted by atomic mass is 32.2. The van der Waals surface area contributed by atoms with Gasteiger partial charge in [0, 0.05) is 6.54 Å². The van der Waals surface area contributed by atoms with Crippen LogP contribution in [-0.4, -0.2) is 19.7 Å². The van der Waals surface area contributed by atoms with Crippen LogP contribution in [0, 0.1) is 23.5 Å². The van der Waals surface area contributed by atoms with Gasteiger partial charge in [0.2, 0.25) is 0 Å². The van der Waals surface area contributed by atoms with Gasteiger partial charge in [0.15, 0.2) is 16.8 Å². The number of halogens is 4. The van der Waals surface area contributed by atoms with Crippen LogP contribution in [0.25, 0.3) is 0 Å². The minimum absolute atomic E-state index is 0.115. The zero-order chi connectivity index (χ0) is 14.2. The van der Waals surface area contributed by atoms with E-state index in [1.54, 1.807) is 6.92 Å². The lowest BCUT2D eigenvalue weighted by atomic mass is 10.4. The Morgan fingerprint density at radius 3 is 2.32 bits per heavy atom. The summed E-state index contributed by atoms with van der Waals surface area (Å²) in [5, 5.41) is 5.46. The molecule has 0 aromatic carbocycles. The fourth-order valence-electron chi connectivity index (χ4n) is 1.31. The molecule has 2 aromatic rings. The van der Waals surface area contributed by atoms with Crippen molar-refractivity contribution in [1.82, 2.24) is 19.7 Å². The summed E-state index contributed by atoms with van der Waals surface area (Å²) in [6.45, 7) is 1.78. The lowest BCUT2D eigenvalue weighted by Crippen LogP contribution is -2.16. The highest BCUT2D eigenvalue weighted by molar-refractivity contribution is 7.99. The van der Waals surface area contributed by atoms with E-state index < -0.39 is 34.1 Å². The van der Waals surface area contributed by atoms with Crippen LogP contribution in [0.1, 0.15) is 6.92 Å². The maximum absolute atomic E-state index is 13.4. The van der Waals surface area contributed by atoms with Crippen molar-refractivity contribution in [1.29, 1.82) is 0 Å². The van der Waals surface area contributed by atoms with Crippen molar-refractivity contribution < 1.29 is 17.6 Å². The van der Waals surface area contributed by atoms with Crippen molar-refractivity contribution in [2.75, 3.05) is 0 Å². The van der Waals surface area contributed by atoms with E-state index in [1.807, 2.05) is 0 Å². The summed E-state index contributed by atoms with van der Waals surface area (Å²) in [6, 6.07) is 0. The number of aromatic nitrogens is 4. The van der Waals surface area contributed by atoms with Gasteiger partial charge in [-0.1, -0.05) is 0 Å². The van der Waals surface area contributed by atoms with Crippen LogP contribution < -0.4 is 5.69 Å². The van der Waals surface area contributed by atoms with Crippen LogP contribution in [0.2, 0.25) is 0 Å². The normalized spacial score (nSPS) is 11.0. The lowest BCUT2D eigenvalue weighted by molar-refractivity contribution is 0.383. The molecule has 2 rings (SSSR count). The lowest BCUT2D eigenvalue weighted by Gasteiger charge is -2.05. The number of nitrogens with one attached hydrogen (secondary N) is 1. The zero-order valence-electron chi connectivity index (χ0n) is 9.38. The molecule has 0 atom stereocenters. The van der Waals surface area contributed by atoms with Gasteiger partial charge in [-0.2, -0.15) is 13.8 Å². The molecule has 0 radical (unpaired) electrons. The van der Waals surface area contributed by atoms with Crippen molar-refractivity contribution in [3.8, 4) is 0 Å². The van der Waals surface area contributed by atoms with Gasteiger partial charge in [0.1, 0.15) is 0 Å². The molecule has 0 spiro atoms. The molecule has 19 heavy (non-hydrogen) atoms. The van der Waals surface area contributed by atoms with Crippen LogP contribution in [0.15, 0.2) is 14.8 Å². The van der Waals surface area contributed by atoms with Crippen molar-refractivity contribution in [3.63, 3.8) is 0 Å². The second kappa shape index (κ2) is 5.03. The first-order valence-electron chi connectivity index (χ1n) is 4.98. The summed E-state index contributed by atoms with van der Waals surface area (Å²) in [5.41, 5.74) is -0.596. The number of nitrogens with zero attached hydrogens (tertiary/aromatic N) is 3. The molecule has 0 saturated carbocycles. The molecule has 0 amide bonds. The molecule has 2 heterocycles. The average Bonchev–Trinajstić information content (AvgIpc) is 2.72. The Morgan fingerprint density at radius 2 is 1.79 bits per heavy atom. The topological polar surface area (TPSA) is 63.6 Å². The minimum atomic E-state index is -1.76. The first-order valence-corrected chi connectivity index (χ1v) is 5.80. The van der Waals surface area contributed by atoms with E-state index in [-0.39, 0.29) is 11.7 Å². The second-order valence-electron chi connectivity index (χ2n) is 3.31. The monoisotopic (exact) mass is 294 g/mol. The molecular formula is C9H6F4N4OS. The third-order valence-electron chi connectivity index (χ3n) is 2.19. The fraction of sp³-hybridized carbons (Fsp3) is 0.222.